The quantitative estimate of drug-likeness (QED) is 0.782. The molecule has 0 aliphatic carbocycles. The minimum atomic E-state index is -0.495. The molecule has 2 rings (SSSR count). The summed E-state index contributed by atoms with van der Waals surface area (Å²) in [6, 6.07) is 3.06. The highest BCUT2D eigenvalue weighted by molar-refractivity contribution is 9.10. The highest BCUT2D eigenvalue weighted by atomic mass is 79.9. The molecule has 0 spiro atoms. The van der Waals surface area contributed by atoms with Crippen LogP contribution in [0.1, 0.15) is 10.4 Å². The maximum absolute atomic E-state index is 13.5. The van der Waals surface area contributed by atoms with E-state index in [0.717, 1.165) is 0 Å². The van der Waals surface area contributed by atoms with Crippen LogP contribution in [0, 0.1) is 5.82 Å². The Labute approximate surface area is 101 Å². The SMILES string of the molecule is O=Cc1c(F)cc(Br)cc1N1CCOCC1. The summed E-state index contributed by atoms with van der Waals surface area (Å²) in [7, 11) is 0. The minimum Gasteiger partial charge on any atom is -0.378 e. The number of ether oxygens (including phenoxy) is 1. The predicted octanol–water partition coefficient (Wildman–Crippen LogP) is 2.24. The summed E-state index contributed by atoms with van der Waals surface area (Å²) in [4.78, 5) is 12.8. The first-order chi connectivity index (χ1) is 7.72. The van der Waals surface area contributed by atoms with Crippen LogP contribution in [0.5, 0.6) is 0 Å². The highest BCUT2D eigenvalue weighted by Crippen LogP contribution is 2.27. The van der Waals surface area contributed by atoms with E-state index < -0.39 is 5.82 Å². The average molecular weight is 288 g/mol. The van der Waals surface area contributed by atoms with Crippen LogP contribution in [0.15, 0.2) is 16.6 Å². The number of hydrogen-bond acceptors (Lipinski definition) is 3. The van der Waals surface area contributed by atoms with Gasteiger partial charge in [0.2, 0.25) is 0 Å². The molecule has 1 aliphatic rings. The molecular formula is C11H11BrFNO2. The summed E-state index contributed by atoms with van der Waals surface area (Å²) in [6.45, 7) is 2.56. The smallest absolute Gasteiger partial charge is 0.155 e. The number of rotatable bonds is 2. The van der Waals surface area contributed by atoms with Gasteiger partial charge in [0, 0.05) is 17.6 Å². The monoisotopic (exact) mass is 287 g/mol. The standard InChI is InChI=1S/C11H11BrFNO2/c12-8-5-10(13)9(7-15)11(6-8)14-1-3-16-4-2-14/h5-7H,1-4H2. The molecule has 5 heteroatoms. The minimum absolute atomic E-state index is 0.116. The van der Waals surface area contributed by atoms with Crippen molar-refractivity contribution in [3.8, 4) is 0 Å². The van der Waals surface area contributed by atoms with Crippen LogP contribution in [0.3, 0.4) is 0 Å². The molecule has 1 saturated heterocycles. The summed E-state index contributed by atoms with van der Waals surface area (Å²) in [6.07, 6.45) is 0.562. The van der Waals surface area contributed by atoms with E-state index in [2.05, 4.69) is 15.9 Å². The lowest BCUT2D eigenvalue weighted by Gasteiger charge is -2.30. The fraction of sp³-hybridized carbons (Fsp3) is 0.364. The average Bonchev–Trinajstić information content (AvgIpc) is 2.29. The zero-order valence-corrected chi connectivity index (χ0v) is 10.2. The first-order valence-electron chi connectivity index (χ1n) is 4.99. The van der Waals surface area contributed by atoms with Gasteiger partial charge in [-0.3, -0.25) is 4.79 Å². The zero-order chi connectivity index (χ0) is 11.5. The molecule has 86 valence electrons. The number of carbonyl (C=O) groups excluding carboxylic acids is 1. The number of nitrogens with zero attached hydrogens (tertiary/aromatic N) is 1. The molecule has 0 aromatic heterocycles. The first-order valence-corrected chi connectivity index (χ1v) is 5.78. The zero-order valence-electron chi connectivity index (χ0n) is 8.58. The lowest BCUT2D eigenvalue weighted by molar-refractivity contribution is 0.111. The van der Waals surface area contributed by atoms with Crippen LogP contribution in [-0.4, -0.2) is 32.6 Å². The lowest BCUT2D eigenvalue weighted by Crippen LogP contribution is -2.37. The van der Waals surface area contributed by atoms with Gasteiger partial charge in [0.25, 0.3) is 0 Å². The Morgan fingerprint density at radius 1 is 1.38 bits per heavy atom. The fourth-order valence-corrected chi connectivity index (χ4v) is 2.17. The van der Waals surface area contributed by atoms with Gasteiger partial charge in [-0.25, -0.2) is 4.39 Å². The van der Waals surface area contributed by atoms with Gasteiger partial charge >= 0.3 is 0 Å². The molecule has 1 aliphatic heterocycles. The maximum atomic E-state index is 13.5. The summed E-state index contributed by atoms with van der Waals surface area (Å²) in [5.74, 6) is -0.495. The van der Waals surface area contributed by atoms with Crippen molar-refractivity contribution < 1.29 is 13.9 Å². The Morgan fingerprint density at radius 3 is 2.69 bits per heavy atom. The first kappa shape index (κ1) is 11.5. The van der Waals surface area contributed by atoms with E-state index in [1.54, 1.807) is 6.07 Å². The van der Waals surface area contributed by atoms with E-state index >= 15 is 0 Å². The van der Waals surface area contributed by atoms with E-state index in [4.69, 9.17) is 4.74 Å². The van der Waals surface area contributed by atoms with Crippen molar-refractivity contribution >= 4 is 27.9 Å². The van der Waals surface area contributed by atoms with E-state index in [1.165, 1.54) is 6.07 Å². The molecule has 0 amide bonds. The number of morpholine rings is 1. The number of hydrogen-bond donors (Lipinski definition) is 0. The van der Waals surface area contributed by atoms with Crippen LogP contribution in [-0.2, 0) is 4.74 Å². The molecular weight excluding hydrogens is 277 g/mol. The van der Waals surface area contributed by atoms with Crippen molar-refractivity contribution in [1.29, 1.82) is 0 Å². The molecule has 1 heterocycles. The molecule has 0 radical (unpaired) electrons. The van der Waals surface area contributed by atoms with Gasteiger partial charge in [-0.15, -0.1) is 0 Å². The second kappa shape index (κ2) is 4.93. The topological polar surface area (TPSA) is 29.5 Å². The maximum Gasteiger partial charge on any atom is 0.155 e. The summed E-state index contributed by atoms with van der Waals surface area (Å²) in [5, 5.41) is 0. The van der Waals surface area contributed by atoms with Crippen molar-refractivity contribution in [2.45, 2.75) is 0 Å². The highest BCUT2D eigenvalue weighted by Gasteiger charge is 2.17. The molecule has 0 bridgehead atoms. The van der Waals surface area contributed by atoms with Gasteiger partial charge in [0.05, 0.1) is 24.5 Å². The van der Waals surface area contributed by atoms with Crippen LogP contribution >= 0.6 is 15.9 Å². The van der Waals surface area contributed by atoms with Crippen molar-refractivity contribution in [3.05, 3.63) is 28.0 Å². The van der Waals surface area contributed by atoms with Gasteiger partial charge in [0.1, 0.15) is 5.82 Å². The number of halogens is 2. The number of aldehydes is 1. The molecule has 3 nitrogen and oxygen atoms in total. The second-order valence-electron chi connectivity index (χ2n) is 3.54. The van der Waals surface area contributed by atoms with E-state index in [9.17, 15) is 9.18 Å². The van der Waals surface area contributed by atoms with E-state index in [0.29, 0.717) is 42.7 Å². The Kier molecular flexibility index (Phi) is 3.56. The number of carbonyl (C=O) groups is 1. The van der Waals surface area contributed by atoms with Crippen LogP contribution in [0.4, 0.5) is 10.1 Å². The van der Waals surface area contributed by atoms with Crippen LogP contribution in [0.25, 0.3) is 0 Å². The van der Waals surface area contributed by atoms with Gasteiger partial charge < -0.3 is 9.64 Å². The van der Waals surface area contributed by atoms with E-state index in [-0.39, 0.29) is 5.56 Å². The Morgan fingerprint density at radius 2 is 2.06 bits per heavy atom. The number of anilines is 1. The van der Waals surface area contributed by atoms with Gasteiger partial charge in [0.15, 0.2) is 6.29 Å². The van der Waals surface area contributed by atoms with Gasteiger partial charge in [-0.1, -0.05) is 15.9 Å². The van der Waals surface area contributed by atoms with Crippen molar-refractivity contribution in [2.75, 3.05) is 31.2 Å². The molecule has 0 N–H and O–H groups in total. The molecule has 0 unspecified atom stereocenters. The number of benzene rings is 1. The molecule has 1 aromatic rings. The van der Waals surface area contributed by atoms with Crippen molar-refractivity contribution in [1.82, 2.24) is 0 Å². The molecule has 0 saturated carbocycles. The second-order valence-corrected chi connectivity index (χ2v) is 4.45. The lowest BCUT2D eigenvalue weighted by atomic mass is 10.1. The Bertz CT molecular complexity index is 405. The van der Waals surface area contributed by atoms with Crippen molar-refractivity contribution in [2.24, 2.45) is 0 Å². The fourth-order valence-electron chi connectivity index (χ4n) is 1.75. The van der Waals surface area contributed by atoms with Gasteiger partial charge in [-0.05, 0) is 12.1 Å². The van der Waals surface area contributed by atoms with Crippen LogP contribution in [0.2, 0.25) is 0 Å². The summed E-state index contributed by atoms with van der Waals surface area (Å²) >= 11 is 3.23. The third-order valence-corrected chi connectivity index (χ3v) is 3.00. The third-order valence-electron chi connectivity index (χ3n) is 2.54. The molecule has 16 heavy (non-hydrogen) atoms. The Hall–Kier alpha value is -0.940. The summed E-state index contributed by atoms with van der Waals surface area (Å²) in [5.41, 5.74) is 0.746. The predicted molar refractivity (Wildman–Crippen MR) is 62.5 cm³/mol. The van der Waals surface area contributed by atoms with Gasteiger partial charge in [-0.2, -0.15) is 0 Å². The largest absolute Gasteiger partial charge is 0.378 e. The molecule has 1 fully saturated rings. The Balaban J connectivity index is 2.40. The van der Waals surface area contributed by atoms with Crippen LogP contribution < -0.4 is 4.90 Å². The third kappa shape index (κ3) is 2.25. The molecule has 0 atom stereocenters. The van der Waals surface area contributed by atoms with Crippen molar-refractivity contribution in [3.63, 3.8) is 0 Å². The normalized spacial score (nSPS) is 16.2. The van der Waals surface area contributed by atoms with E-state index in [1.807, 2.05) is 4.90 Å². The molecule has 1 aromatic carbocycles. The summed E-state index contributed by atoms with van der Waals surface area (Å²) < 4.78 is 19.4.